The molecular weight excluding hydrogens is 502 g/mol. The van der Waals surface area contributed by atoms with Gasteiger partial charge in [-0.15, -0.1) is 0 Å². The first-order chi connectivity index (χ1) is 18.9. The molecule has 0 aliphatic heterocycles. The highest BCUT2D eigenvalue weighted by atomic mass is 16.6. The molecule has 0 bridgehead atoms. The molecule has 194 valence electrons. The first-order valence-corrected chi connectivity index (χ1v) is 11.8. The number of hydrogen-bond donors (Lipinski definition) is 1. The van der Waals surface area contributed by atoms with E-state index in [9.17, 15) is 25.0 Å². The number of nitro groups is 2. The van der Waals surface area contributed by atoms with Gasteiger partial charge in [0.2, 0.25) is 0 Å². The molecule has 0 radical (unpaired) electrons. The lowest BCUT2D eigenvalue weighted by molar-refractivity contribution is -0.392. The van der Waals surface area contributed by atoms with Crippen molar-refractivity contribution in [1.82, 2.24) is 9.55 Å². The molecule has 5 aromatic rings. The summed E-state index contributed by atoms with van der Waals surface area (Å²) in [4.78, 5) is 41.1. The summed E-state index contributed by atoms with van der Waals surface area (Å²) in [6, 6.07) is 24.8. The van der Waals surface area contributed by atoms with E-state index in [-0.39, 0.29) is 11.3 Å². The van der Waals surface area contributed by atoms with E-state index >= 15 is 0 Å². The summed E-state index contributed by atoms with van der Waals surface area (Å²) < 4.78 is 6.46. The lowest BCUT2D eigenvalue weighted by Crippen LogP contribution is -2.17. The van der Waals surface area contributed by atoms with Crippen LogP contribution in [0.3, 0.4) is 0 Å². The van der Waals surface area contributed by atoms with Gasteiger partial charge in [-0.1, -0.05) is 42.5 Å². The summed E-state index contributed by atoms with van der Waals surface area (Å²) in [6.07, 6.45) is 0.308. The van der Waals surface area contributed by atoms with Crippen molar-refractivity contribution in [3.05, 3.63) is 128 Å². The van der Waals surface area contributed by atoms with Crippen molar-refractivity contribution in [2.45, 2.75) is 6.42 Å². The van der Waals surface area contributed by atoms with Gasteiger partial charge in [-0.3, -0.25) is 29.6 Å². The number of carbonyl (C=O) groups excluding carboxylic acids is 1. The van der Waals surface area contributed by atoms with Crippen LogP contribution in [-0.4, -0.2) is 32.4 Å². The van der Waals surface area contributed by atoms with Crippen molar-refractivity contribution >= 4 is 39.7 Å². The molecule has 0 aliphatic rings. The molecule has 0 saturated carbocycles. The van der Waals surface area contributed by atoms with Gasteiger partial charge in [0.25, 0.3) is 5.91 Å². The van der Waals surface area contributed by atoms with Crippen molar-refractivity contribution in [2.24, 2.45) is 0 Å². The van der Waals surface area contributed by atoms with Gasteiger partial charge in [0, 0.05) is 24.2 Å². The van der Waals surface area contributed by atoms with Crippen LogP contribution in [0.15, 0.2) is 91.0 Å². The number of rotatable bonds is 8. The van der Waals surface area contributed by atoms with Gasteiger partial charge >= 0.3 is 11.4 Å². The molecule has 0 spiro atoms. The fourth-order valence-electron chi connectivity index (χ4n) is 4.30. The van der Waals surface area contributed by atoms with E-state index in [2.05, 4.69) is 10.3 Å². The number of anilines is 2. The average Bonchev–Trinajstić information content (AvgIpc) is 3.31. The Labute approximate surface area is 221 Å². The number of ether oxygens (including phenoxy) is 1. The van der Waals surface area contributed by atoms with Crippen molar-refractivity contribution < 1.29 is 19.4 Å². The standard InChI is InChI=1S/C28H21N5O6/c1-39-21-13-11-20(12-14-21)29-27-24(32(35)36)16-19(17-25(27)33(37)38)28(34)31-23-10-6-5-9-22(23)30-26(31)15-18-7-3-2-4-8-18/h2-14,16-17,29H,15H2,1H3. The number of imidazole rings is 1. The minimum absolute atomic E-state index is 0.217. The van der Waals surface area contributed by atoms with Crippen molar-refractivity contribution in [3.8, 4) is 5.75 Å². The number of hydrogen-bond acceptors (Lipinski definition) is 8. The number of benzene rings is 4. The van der Waals surface area contributed by atoms with Gasteiger partial charge in [-0.05, 0) is 42.0 Å². The number of aromatic nitrogens is 2. The third-order valence-corrected chi connectivity index (χ3v) is 6.13. The Morgan fingerprint density at radius 1 is 0.897 bits per heavy atom. The zero-order valence-corrected chi connectivity index (χ0v) is 20.6. The minimum Gasteiger partial charge on any atom is -0.497 e. The molecule has 0 amide bonds. The highest BCUT2D eigenvalue weighted by Crippen LogP contribution is 2.38. The van der Waals surface area contributed by atoms with E-state index in [0.29, 0.717) is 34.7 Å². The molecular formula is C28H21N5O6. The summed E-state index contributed by atoms with van der Waals surface area (Å²) in [5, 5.41) is 26.9. The maximum absolute atomic E-state index is 13.9. The molecule has 1 heterocycles. The number of nitrogens with one attached hydrogen (secondary N) is 1. The Balaban J connectivity index is 1.63. The molecule has 1 aromatic heterocycles. The van der Waals surface area contributed by atoms with Gasteiger partial charge in [-0.25, -0.2) is 4.98 Å². The van der Waals surface area contributed by atoms with E-state index in [1.165, 1.54) is 11.7 Å². The SMILES string of the molecule is COc1ccc(Nc2c([N+](=O)[O-])cc(C(=O)n3c(Cc4ccccc4)nc4ccccc43)cc2[N+](=O)[O-])cc1. The van der Waals surface area contributed by atoms with Gasteiger partial charge in [-0.2, -0.15) is 0 Å². The van der Waals surface area contributed by atoms with E-state index in [1.54, 1.807) is 48.5 Å². The largest absolute Gasteiger partial charge is 0.497 e. The number of carbonyl (C=O) groups is 1. The predicted molar refractivity (Wildman–Crippen MR) is 145 cm³/mol. The Morgan fingerprint density at radius 3 is 2.13 bits per heavy atom. The molecule has 39 heavy (non-hydrogen) atoms. The zero-order chi connectivity index (χ0) is 27.5. The van der Waals surface area contributed by atoms with Crippen LogP contribution >= 0.6 is 0 Å². The quantitative estimate of drug-likeness (QED) is 0.196. The van der Waals surface area contributed by atoms with Gasteiger partial charge < -0.3 is 10.1 Å². The Kier molecular flexibility index (Phi) is 6.70. The predicted octanol–water partition coefficient (Wildman–Crippen LogP) is 5.88. The molecule has 0 aliphatic carbocycles. The van der Waals surface area contributed by atoms with E-state index < -0.39 is 27.1 Å². The molecule has 0 atom stereocenters. The Morgan fingerprint density at radius 2 is 1.51 bits per heavy atom. The summed E-state index contributed by atoms with van der Waals surface area (Å²) in [7, 11) is 1.49. The fourth-order valence-corrected chi connectivity index (χ4v) is 4.30. The molecule has 5 rings (SSSR count). The van der Waals surface area contributed by atoms with Gasteiger partial charge in [0.15, 0.2) is 5.69 Å². The summed E-state index contributed by atoms with van der Waals surface area (Å²) >= 11 is 0. The Hall–Kier alpha value is -5.58. The van der Waals surface area contributed by atoms with Crippen molar-refractivity contribution in [3.63, 3.8) is 0 Å². The maximum Gasteiger partial charge on any atom is 0.300 e. The van der Waals surface area contributed by atoms with Gasteiger partial charge in [0.1, 0.15) is 11.6 Å². The third kappa shape index (κ3) is 5.01. The topological polar surface area (TPSA) is 142 Å². The van der Waals surface area contributed by atoms with Crippen LogP contribution in [0.25, 0.3) is 11.0 Å². The van der Waals surface area contributed by atoms with Crippen molar-refractivity contribution in [1.29, 1.82) is 0 Å². The normalized spacial score (nSPS) is 10.8. The minimum atomic E-state index is -0.757. The second-order valence-electron chi connectivity index (χ2n) is 8.58. The molecule has 11 heteroatoms. The van der Waals surface area contributed by atoms with Crippen molar-refractivity contribution in [2.75, 3.05) is 12.4 Å². The van der Waals surface area contributed by atoms with E-state index in [0.717, 1.165) is 17.7 Å². The van der Waals surface area contributed by atoms with Gasteiger partial charge in [0.05, 0.1) is 33.6 Å². The lowest BCUT2D eigenvalue weighted by Gasteiger charge is -2.12. The van der Waals surface area contributed by atoms with Crippen LogP contribution in [0.1, 0.15) is 21.7 Å². The number of para-hydroxylation sites is 2. The first-order valence-electron chi connectivity index (χ1n) is 11.8. The summed E-state index contributed by atoms with van der Waals surface area (Å²) in [5.74, 6) is 0.277. The Bertz CT molecular complexity index is 1680. The number of methoxy groups -OCH3 is 1. The van der Waals surface area contributed by atoms with Crippen LogP contribution < -0.4 is 10.1 Å². The second kappa shape index (κ2) is 10.4. The molecule has 0 fully saturated rings. The number of nitrogens with zero attached hydrogens (tertiary/aromatic N) is 4. The van der Waals surface area contributed by atoms with Crippen LogP contribution in [0.5, 0.6) is 5.75 Å². The first kappa shape index (κ1) is 25.1. The smallest absolute Gasteiger partial charge is 0.300 e. The monoisotopic (exact) mass is 523 g/mol. The molecule has 0 saturated heterocycles. The van der Waals surface area contributed by atoms with Crippen LogP contribution in [-0.2, 0) is 6.42 Å². The molecule has 0 unspecified atom stereocenters. The second-order valence-corrected chi connectivity index (χ2v) is 8.58. The fraction of sp³-hybridized carbons (Fsp3) is 0.0714. The van der Waals surface area contributed by atoms with Crippen LogP contribution in [0.2, 0.25) is 0 Å². The molecule has 11 nitrogen and oxygen atoms in total. The number of nitro benzene ring substituents is 2. The zero-order valence-electron chi connectivity index (χ0n) is 20.6. The van der Waals surface area contributed by atoms with E-state index in [4.69, 9.17) is 4.74 Å². The highest BCUT2D eigenvalue weighted by Gasteiger charge is 2.30. The average molecular weight is 524 g/mol. The van der Waals surface area contributed by atoms with E-state index in [1.807, 2.05) is 30.3 Å². The summed E-state index contributed by atoms with van der Waals surface area (Å²) in [6.45, 7) is 0. The number of fused-ring (bicyclic) bond motifs is 1. The van der Waals surface area contributed by atoms with Crippen LogP contribution in [0, 0.1) is 20.2 Å². The highest BCUT2D eigenvalue weighted by molar-refractivity contribution is 6.04. The molecule has 4 aromatic carbocycles. The maximum atomic E-state index is 13.9. The summed E-state index contributed by atoms with van der Waals surface area (Å²) in [5.41, 5.74) is 0.523. The lowest BCUT2D eigenvalue weighted by atomic mass is 10.1. The third-order valence-electron chi connectivity index (χ3n) is 6.13. The van der Waals surface area contributed by atoms with Crippen LogP contribution in [0.4, 0.5) is 22.7 Å². The molecule has 1 N–H and O–H groups in total.